The highest BCUT2D eigenvalue weighted by Crippen LogP contribution is 2.14. The molecule has 1 aromatic carbocycles. The summed E-state index contributed by atoms with van der Waals surface area (Å²) < 4.78 is 13.1. The highest BCUT2D eigenvalue weighted by Gasteiger charge is 2.12. The Morgan fingerprint density at radius 2 is 2.26 bits per heavy atom. The highest BCUT2D eigenvalue weighted by molar-refractivity contribution is 5.89. The van der Waals surface area contributed by atoms with Crippen molar-refractivity contribution in [3.05, 3.63) is 29.6 Å². The molecule has 0 fully saturated rings. The van der Waals surface area contributed by atoms with Gasteiger partial charge in [-0.2, -0.15) is 5.26 Å². The first-order valence-corrected chi connectivity index (χ1v) is 5.98. The molecule has 0 aliphatic heterocycles. The van der Waals surface area contributed by atoms with Crippen LogP contribution in [0.3, 0.4) is 0 Å². The van der Waals surface area contributed by atoms with E-state index in [1.54, 1.807) is 6.07 Å². The number of carbonyl (C=O) groups excluding carboxylic acids is 1. The summed E-state index contributed by atoms with van der Waals surface area (Å²) in [6.45, 7) is 2.54. The molecule has 0 radical (unpaired) electrons. The Kier molecular flexibility index (Phi) is 5.76. The van der Waals surface area contributed by atoms with Crippen molar-refractivity contribution in [2.75, 3.05) is 25.0 Å². The maximum atomic E-state index is 13.1. The monoisotopic (exact) mass is 265 g/mol. The van der Waals surface area contributed by atoms with Crippen molar-refractivity contribution in [3.8, 4) is 6.07 Å². The number of aliphatic hydroxyl groups is 1. The molecule has 0 bridgehead atoms. The number of halogens is 1. The quantitative estimate of drug-likeness (QED) is 0.854. The molecule has 0 aliphatic rings. The number of hydrogen-bond acceptors (Lipinski definition) is 3. The summed E-state index contributed by atoms with van der Waals surface area (Å²) in [5.74, 6) is -0.624. The molecule has 1 aromatic rings. The Hall–Kier alpha value is -2.13. The molecule has 0 saturated heterocycles. The average molecular weight is 265 g/mol. The van der Waals surface area contributed by atoms with Crippen molar-refractivity contribution in [3.63, 3.8) is 0 Å². The lowest BCUT2D eigenvalue weighted by molar-refractivity contribution is 0.188. The number of benzene rings is 1. The maximum Gasteiger partial charge on any atom is 0.321 e. The number of amides is 2. The van der Waals surface area contributed by atoms with Crippen LogP contribution in [0.4, 0.5) is 14.9 Å². The van der Waals surface area contributed by atoms with Gasteiger partial charge in [0.2, 0.25) is 0 Å². The fourth-order valence-corrected chi connectivity index (χ4v) is 1.60. The second-order valence-electron chi connectivity index (χ2n) is 3.95. The van der Waals surface area contributed by atoms with Crippen LogP contribution in [-0.4, -0.2) is 35.7 Å². The number of nitriles is 1. The molecule has 0 spiro atoms. The molecule has 0 unspecified atom stereocenters. The fraction of sp³-hybridized carbons (Fsp3) is 0.385. The summed E-state index contributed by atoms with van der Waals surface area (Å²) in [6, 6.07) is 5.12. The van der Waals surface area contributed by atoms with Gasteiger partial charge in [0.25, 0.3) is 0 Å². The van der Waals surface area contributed by atoms with Crippen LogP contribution in [0.15, 0.2) is 18.2 Å². The second-order valence-corrected chi connectivity index (χ2v) is 3.95. The molecule has 2 amide bonds. The van der Waals surface area contributed by atoms with E-state index in [4.69, 9.17) is 10.4 Å². The third-order valence-electron chi connectivity index (χ3n) is 2.49. The topological polar surface area (TPSA) is 76.4 Å². The van der Waals surface area contributed by atoms with E-state index in [1.165, 1.54) is 17.0 Å². The van der Waals surface area contributed by atoms with E-state index < -0.39 is 5.82 Å². The van der Waals surface area contributed by atoms with Crippen LogP contribution >= 0.6 is 0 Å². The van der Waals surface area contributed by atoms with Gasteiger partial charge in [-0.1, -0.05) is 6.92 Å². The van der Waals surface area contributed by atoms with E-state index in [2.05, 4.69) is 5.32 Å². The van der Waals surface area contributed by atoms with Crippen molar-refractivity contribution in [1.82, 2.24) is 4.90 Å². The first-order valence-electron chi connectivity index (χ1n) is 5.98. The van der Waals surface area contributed by atoms with Crippen LogP contribution in [0.1, 0.15) is 18.9 Å². The minimum atomic E-state index is -0.624. The van der Waals surface area contributed by atoms with Crippen LogP contribution in [-0.2, 0) is 0 Å². The summed E-state index contributed by atoms with van der Waals surface area (Å²) in [6.07, 6.45) is 0.764. The number of urea groups is 1. The smallest absolute Gasteiger partial charge is 0.321 e. The zero-order chi connectivity index (χ0) is 14.3. The minimum Gasteiger partial charge on any atom is -0.395 e. The summed E-state index contributed by atoms with van der Waals surface area (Å²) in [5, 5.41) is 20.2. The molecule has 0 aromatic heterocycles. The number of hydrogen-bond donors (Lipinski definition) is 2. The van der Waals surface area contributed by atoms with Crippen LogP contribution in [0.25, 0.3) is 0 Å². The van der Waals surface area contributed by atoms with Crippen molar-refractivity contribution in [1.29, 1.82) is 5.26 Å². The average Bonchev–Trinajstić information content (AvgIpc) is 2.40. The normalized spacial score (nSPS) is 9.79. The first kappa shape index (κ1) is 14.9. The number of anilines is 1. The number of nitrogens with zero attached hydrogens (tertiary/aromatic N) is 2. The molecule has 0 heterocycles. The van der Waals surface area contributed by atoms with Gasteiger partial charge in [-0.3, -0.25) is 0 Å². The lowest BCUT2D eigenvalue weighted by Gasteiger charge is -2.21. The van der Waals surface area contributed by atoms with Gasteiger partial charge in [-0.05, 0) is 24.6 Å². The Labute approximate surface area is 111 Å². The molecule has 102 valence electrons. The van der Waals surface area contributed by atoms with Gasteiger partial charge in [0.15, 0.2) is 0 Å². The SMILES string of the molecule is CCCN(CCO)C(=O)Nc1ccc(F)c(C#N)c1. The molecular formula is C13H16FN3O2. The number of aliphatic hydroxyl groups excluding tert-OH is 1. The van der Waals surface area contributed by atoms with E-state index in [-0.39, 0.29) is 24.7 Å². The van der Waals surface area contributed by atoms with Crippen LogP contribution < -0.4 is 5.32 Å². The summed E-state index contributed by atoms with van der Waals surface area (Å²) >= 11 is 0. The zero-order valence-corrected chi connectivity index (χ0v) is 10.7. The number of carbonyl (C=O) groups is 1. The summed E-state index contributed by atoms with van der Waals surface area (Å²) in [4.78, 5) is 13.4. The van der Waals surface area contributed by atoms with E-state index in [9.17, 15) is 9.18 Å². The second kappa shape index (κ2) is 7.34. The van der Waals surface area contributed by atoms with Crippen LogP contribution in [0, 0.1) is 17.1 Å². The van der Waals surface area contributed by atoms with Crippen molar-refractivity contribution >= 4 is 11.7 Å². The van der Waals surface area contributed by atoms with Gasteiger partial charge in [-0.15, -0.1) is 0 Å². The molecule has 2 N–H and O–H groups in total. The third-order valence-corrected chi connectivity index (χ3v) is 2.49. The van der Waals surface area contributed by atoms with Crippen LogP contribution in [0.2, 0.25) is 0 Å². The minimum absolute atomic E-state index is 0.123. The van der Waals surface area contributed by atoms with Gasteiger partial charge < -0.3 is 15.3 Å². The van der Waals surface area contributed by atoms with Crippen molar-refractivity contribution < 1.29 is 14.3 Å². The highest BCUT2D eigenvalue weighted by atomic mass is 19.1. The van der Waals surface area contributed by atoms with Gasteiger partial charge in [0.1, 0.15) is 11.9 Å². The standard InChI is InChI=1S/C13H16FN3O2/c1-2-5-17(6-7-18)13(19)16-11-3-4-12(14)10(8-11)9-15/h3-4,8,18H,2,5-7H2,1H3,(H,16,19). The molecule has 5 nitrogen and oxygen atoms in total. The molecule has 1 rings (SSSR count). The molecule has 19 heavy (non-hydrogen) atoms. The maximum absolute atomic E-state index is 13.1. The van der Waals surface area contributed by atoms with Gasteiger partial charge in [0.05, 0.1) is 12.2 Å². The van der Waals surface area contributed by atoms with Crippen molar-refractivity contribution in [2.45, 2.75) is 13.3 Å². The van der Waals surface area contributed by atoms with Gasteiger partial charge >= 0.3 is 6.03 Å². The molecule has 0 saturated carbocycles. The van der Waals surface area contributed by atoms with E-state index >= 15 is 0 Å². The Balaban J connectivity index is 2.78. The van der Waals surface area contributed by atoms with Gasteiger partial charge in [-0.25, -0.2) is 9.18 Å². The molecule has 0 atom stereocenters. The number of rotatable bonds is 5. The Morgan fingerprint density at radius 3 is 2.84 bits per heavy atom. The predicted octanol–water partition coefficient (Wildman–Crippen LogP) is 1.93. The Morgan fingerprint density at radius 1 is 1.53 bits per heavy atom. The summed E-state index contributed by atoms with van der Waals surface area (Å²) in [5.41, 5.74) is 0.226. The molecule has 6 heteroatoms. The third kappa shape index (κ3) is 4.23. The van der Waals surface area contributed by atoms with Crippen LogP contribution in [0.5, 0.6) is 0 Å². The lowest BCUT2D eigenvalue weighted by atomic mass is 10.2. The van der Waals surface area contributed by atoms with Crippen molar-refractivity contribution in [2.24, 2.45) is 0 Å². The summed E-state index contributed by atoms with van der Waals surface area (Å²) in [7, 11) is 0. The van der Waals surface area contributed by atoms with E-state index in [0.29, 0.717) is 12.2 Å². The van der Waals surface area contributed by atoms with E-state index in [1.807, 2.05) is 6.92 Å². The molecule has 0 aliphatic carbocycles. The molecular weight excluding hydrogens is 249 g/mol. The number of nitrogens with one attached hydrogen (secondary N) is 1. The van der Waals surface area contributed by atoms with E-state index in [0.717, 1.165) is 12.5 Å². The zero-order valence-electron chi connectivity index (χ0n) is 10.7. The largest absolute Gasteiger partial charge is 0.395 e. The predicted molar refractivity (Wildman–Crippen MR) is 69.1 cm³/mol. The fourth-order valence-electron chi connectivity index (χ4n) is 1.60. The Bertz CT molecular complexity index is 479. The van der Waals surface area contributed by atoms with Gasteiger partial charge in [0, 0.05) is 18.8 Å². The first-order chi connectivity index (χ1) is 9.12. The lowest BCUT2D eigenvalue weighted by Crippen LogP contribution is -2.37.